The molecule has 2 aliphatic rings. The van der Waals surface area contributed by atoms with Crippen LogP contribution in [0, 0.1) is 11.3 Å². The number of cyclic esters (lactones) is 1. The average molecular weight is 414 g/mol. The van der Waals surface area contributed by atoms with E-state index in [0.29, 0.717) is 6.42 Å². The minimum atomic E-state index is -5.98. The largest absolute Gasteiger partial charge is 0.534 e. The fourth-order valence-electron chi connectivity index (χ4n) is 3.31. The number of Topliss-reactive ketones (excluding diaryl/α,β-unsaturated/α-hetero) is 1. The Hall–Kier alpha value is -2.11. The number of hydrogen-bond acceptors (Lipinski definition) is 8. The SMILES string of the molecule is COC(=O)[C@@]1(CCC2=C(OS(=O)(=O)C(F)(F)F)COC2=O)C(=O)CC[C@H]1C. The third-order valence-corrected chi connectivity index (χ3v) is 5.86. The van der Waals surface area contributed by atoms with Gasteiger partial charge in [0.15, 0.2) is 12.4 Å². The van der Waals surface area contributed by atoms with E-state index >= 15 is 0 Å². The third-order valence-electron chi connectivity index (χ3n) is 4.87. The van der Waals surface area contributed by atoms with Crippen molar-refractivity contribution in [3.8, 4) is 0 Å². The second-order valence-corrected chi connectivity index (χ2v) is 7.82. The molecule has 8 nitrogen and oxygen atoms in total. The standard InChI is InChI=1S/C15H17F3O8S/c1-8-3-4-11(19)14(8,13(21)24-2)6-5-9-10(7-25-12(9)20)26-27(22,23)15(16,17)18/h8H,3-7H2,1-2H3/t8-,14-/m1/s1. The fraction of sp³-hybridized carbons (Fsp3) is 0.667. The van der Waals surface area contributed by atoms with Gasteiger partial charge in [0.05, 0.1) is 12.7 Å². The highest BCUT2D eigenvalue weighted by Gasteiger charge is 2.55. The van der Waals surface area contributed by atoms with E-state index in [9.17, 15) is 36.0 Å². The first-order chi connectivity index (χ1) is 12.4. The molecule has 27 heavy (non-hydrogen) atoms. The maximum absolute atomic E-state index is 12.5. The van der Waals surface area contributed by atoms with E-state index in [1.807, 2.05) is 0 Å². The van der Waals surface area contributed by atoms with Gasteiger partial charge in [0.25, 0.3) is 0 Å². The molecule has 0 N–H and O–H groups in total. The molecule has 0 radical (unpaired) electrons. The van der Waals surface area contributed by atoms with Gasteiger partial charge < -0.3 is 13.7 Å². The minimum Gasteiger partial charge on any atom is -0.468 e. The number of methoxy groups -OCH3 is 1. The van der Waals surface area contributed by atoms with Crippen molar-refractivity contribution < 1.29 is 49.6 Å². The van der Waals surface area contributed by atoms with Gasteiger partial charge in [0, 0.05) is 6.42 Å². The number of esters is 2. The Morgan fingerprint density at radius 2 is 1.96 bits per heavy atom. The first kappa shape index (κ1) is 21.2. The minimum absolute atomic E-state index is 0.117. The quantitative estimate of drug-likeness (QED) is 0.279. The van der Waals surface area contributed by atoms with E-state index in [1.54, 1.807) is 6.92 Å². The summed E-state index contributed by atoms with van der Waals surface area (Å²) in [6.45, 7) is 0.854. The summed E-state index contributed by atoms with van der Waals surface area (Å²) in [7, 11) is -4.89. The molecule has 1 aliphatic carbocycles. The normalized spacial score (nSPS) is 26.3. The van der Waals surface area contributed by atoms with Gasteiger partial charge in [-0.25, -0.2) is 4.79 Å². The van der Waals surface area contributed by atoms with E-state index in [4.69, 9.17) is 4.74 Å². The molecule has 1 aliphatic heterocycles. The van der Waals surface area contributed by atoms with Crippen molar-refractivity contribution in [3.63, 3.8) is 0 Å². The summed E-state index contributed by atoms with van der Waals surface area (Å²) in [5, 5.41) is 0. The monoisotopic (exact) mass is 414 g/mol. The van der Waals surface area contributed by atoms with E-state index in [0.717, 1.165) is 7.11 Å². The number of carbonyl (C=O) groups excluding carboxylic acids is 3. The van der Waals surface area contributed by atoms with Gasteiger partial charge >= 0.3 is 27.6 Å². The lowest BCUT2D eigenvalue weighted by atomic mass is 9.73. The Morgan fingerprint density at radius 3 is 2.44 bits per heavy atom. The summed E-state index contributed by atoms with van der Waals surface area (Å²) < 4.78 is 73.1. The lowest BCUT2D eigenvalue weighted by molar-refractivity contribution is -0.159. The zero-order valence-corrected chi connectivity index (χ0v) is 15.2. The Morgan fingerprint density at radius 1 is 1.33 bits per heavy atom. The highest BCUT2D eigenvalue weighted by Crippen LogP contribution is 2.46. The van der Waals surface area contributed by atoms with Crippen molar-refractivity contribution in [2.24, 2.45) is 11.3 Å². The van der Waals surface area contributed by atoms with Gasteiger partial charge in [-0.2, -0.15) is 21.6 Å². The van der Waals surface area contributed by atoms with Crippen molar-refractivity contribution in [2.75, 3.05) is 13.7 Å². The first-order valence-corrected chi connectivity index (χ1v) is 9.29. The fourth-order valence-corrected chi connectivity index (χ4v) is 3.82. The van der Waals surface area contributed by atoms with Crippen LogP contribution in [-0.2, 0) is 38.2 Å². The van der Waals surface area contributed by atoms with Crippen molar-refractivity contribution in [2.45, 2.75) is 38.1 Å². The number of halogens is 3. The molecule has 0 aromatic rings. The predicted octanol–water partition coefficient (Wildman–Crippen LogP) is 1.60. The Kier molecular flexibility index (Phi) is 5.60. The van der Waals surface area contributed by atoms with Gasteiger partial charge in [-0.15, -0.1) is 0 Å². The van der Waals surface area contributed by atoms with Crippen LogP contribution in [-0.4, -0.2) is 45.4 Å². The summed E-state index contributed by atoms with van der Waals surface area (Å²) in [4.78, 5) is 36.4. The molecule has 0 aromatic carbocycles. The number of rotatable bonds is 6. The number of ether oxygens (including phenoxy) is 2. The van der Waals surface area contributed by atoms with E-state index in [-0.39, 0.29) is 19.3 Å². The number of alkyl halides is 3. The molecule has 152 valence electrons. The van der Waals surface area contributed by atoms with E-state index in [1.165, 1.54) is 0 Å². The molecule has 12 heteroatoms. The molecule has 2 atom stereocenters. The summed E-state index contributed by atoms with van der Waals surface area (Å²) in [5.74, 6) is -3.51. The van der Waals surface area contributed by atoms with Crippen molar-refractivity contribution in [1.82, 2.24) is 0 Å². The van der Waals surface area contributed by atoms with Gasteiger partial charge in [-0.05, 0) is 25.2 Å². The van der Waals surface area contributed by atoms with Crippen molar-refractivity contribution >= 4 is 27.8 Å². The van der Waals surface area contributed by atoms with Crippen LogP contribution in [0.4, 0.5) is 13.2 Å². The van der Waals surface area contributed by atoms with Crippen LogP contribution in [0.5, 0.6) is 0 Å². The summed E-state index contributed by atoms with van der Waals surface area (Å²) in [6, 6.07) is 0. The second kappa shape index (κ2) is 7.13. The Labute approximate surface area is 152 Å². The van der Waals surface area contributed by atoms with E-state index in [2.05, 4.69) is 8.92 Å². The van der Waals surface area contributed by atoms with Crippen LogP contribution < -0.4 is 0 Å². The molecule has 1 heterocycles. The highest BCUT2D eigenvalue weighted by molar-refractivity contribution is 7.87. The molecule has 1 saturated carbocycles. The molecular weight excluding hydrogens is 397 g/mol. The molecule has 0 amide bonds. The topological polar surface area (TPSA) is 113 Å². The number of carbonyl (C=O) groups is 3. The van der Waals surface area contributed by atoms with Crippen molar-refractivity contribution in [1.29, 1.82) is 0 Å². The molecule has 0 saturated heterocycles. The zero-order chi connectivity index (χ0) is 20.6. The third kappa shape index (κ3) is 3.66. The smallest absolute Gasteiger partial charge is 0.468 e. The lowest BCUT2D eigenvalue weighted by Crippen LogP contribution is -2.41. The molecule has 0 bridgehead atoms. The lowest BCUT2D eigenvalue weighted by Gasteiger charge is -2.29. The summed E-state index contributed by atoms with van der Waals surface area (Å²) in [6.07, 6.45) is -0.107. The predicted molar refractivity (Wildman–Crippen MR) is 81.1 cm³/mol. The van der Waals surface area contributed by atoms with E-state index < -0.39 is 62.6 Å². The molecule has 2 rings (SSSR count). The highest BCUT2D eigenvalue weighted by atomic mass is 32.2. The maximum Gasteiger partial charge on any atom is 0.534 e. The molecule has 0 aromatic heterocycles. The Balaban J connectivity index is 2.31. The zero-order valence-electron chi connectivity index (χ0n) is 14.4. The molecular formula is C15H17F3O8S. The summed E-state index contributed by atoms with van der Waals surface area (Å²) >= 11 is 0. The number of hydrogen-bond donors (Lipinski definition) is 0. The van der Waals surface area contributed by atoms with Crippen LogP contribution in [0.2, 0.25) is 0 Å². The van der Waals surface area contributed by atoms with Crippen molar-refractivity contribution in [3.05, 3.63) is 11.3 Å². The van der Waals surface area contributed by atoms with Gasteiger partial charge in [0.2, 0.25) is 0 Å². The van der Waals surface area contributed by atoms with Crippen LogP contribution >= 0.6 is 0 Å². The number of ketones is 1. The summed E-state index contributed by atoms with van der Waals surface area (Å²) in [5.41, 5.74) is -7.70. The van der Waals surface area contributed by atoms with Crippen LogP contribution in [0.3, 0.4) is 0 Å². The average Bonchev–Trinajstić information content (AvgIpc) is 3.05. The maximum atomic E-state index is 12.5. The molecule has 0 spiro atoms. The molecule has 0 unspecified atom stereocenters. The first-order valence-electron chi connectivity index (χ1n) is 7.88. The van der Waals surface area contributed by atoms with Gasteiger partial charge in [-0.3, -0.25) is 9.59 Å². The van der Waals surface area contributed by atoms with Crippen LogP contribution in [0.15, 0.2) is 11.3 Å². The van der Waals surface area contributed by atoms with Gasteiger partial charge in [-0.1, -0.05) is 6.92 Å². The molecule has 1 fully saturated rings. The van der Waals surface area contributed by atoms with Crippen LogP contribution in [0.25, 0.3) is 0 Å². The Bertz CT molecular complexity index is 798. The second-order valence-electron chi connectivity index (χ2n) is 6.29. The van der Waals surface area contributed by atoms with Crippen LogP contribution in [0.1, 0.15) is 32.6 Å². The van der Waals surface area contributed by atoms with Gasteiger partial charge in [0.1, 0.15) is 11.2 Å².